The van der Waals surface area contributed by atoms with Gasteiger partial charge in [0, 0.05) is 0 Å². The van der Waals surface area contributed by atoms with Gasteiger partial charge in [-0.1, -0.05) is 77.9 Å². The van der Waals surface area contributed by atoms with E-state index in [-0.39, 0.29) is 7.43 Å². The molecule has 0 aromatic heterocycles. The molecule has 0 fully saturated rings. The lowest BCUT2D eigenvalue weighted by atomic mass is 10.2. The Bertz CT molecular complexity index is 563. The minimum atomic E-state index is 0. The van der Waals surface area contributed by atoms with Crippen molar-refractivity contribution < 1.29 is 9.47 Å². The van der Waals surface area contributed by atoms with E-state index in [0.29, 0.717) is 12.7 Å². The molecule has 2 aromatic rings. The molecule has 0 spiro atoms. The van der Waals surface area contributed by atoms with E-state index in [2.05, 4.69) is 41.5 Å². The van der Waals surface area contributed by atoms with Gasteiger partial charge in [-0.05, 0) is 56.0 Å². The first kappa shape index (κ1) is 27.2. The van der Waals surface area contributed by atoms with Gasteiger partial charge in [0.15, 0.2) is 11.5 Å². The van der Waals surface area contributed by atoms with Crippen LogP contribution in [0.5, 0.6) is 11.5 Å². The third-order valence-corrected chi connectivity index (χ3v) is 2.73. The maximum Gasteiger partial charge on any atom is 0.231 e. The van der Waals surface area contributed by atoms with Crippen LogP contribution in [0.3, 0.4) is 0 Å². The van der Waals surface area contributed by atoms with E-state index in [0.717, 1.165) is 42.0 Å². The molecule has 0 aliphatic carbocycles. The SMILES string of the molecule is [CH2]C(C)C.[CH2]CCCN.[CH2]c1ccc2c(c1)OCO2.[CH2]c1ccccc1.[CH3]. The number of hydrogen-bond donors (Lipinski definition) is 1. The van der Waals surface area contributed by atoms with Crippen LogP contribution in [0.2, 0.25) is 0 Å². The first-order chi connectivity index (χ1) is 12.4. The second-order valence-electron chi connectivity index (χ2n) is 6.06. The second-order valence-corrected chi connectivity index (χ2v) is 6.06. The van der Waals surface area contributed by atoms with E-state index in [1.54, 1.807) is 0 Å². The summed E-state index contributed by atoms with van der Waals surface area (Å²) in [6.45, 7) is 19.9. The highest BCUT2D eigenvalue weighted by Gasteiger charge is 2.11. The largest absolute Gasteiger partial charge is 0.454 e. The quantitative estimate of drug-likeness (QED) is 0.710. The molecule has 3 rings (SSSR count). The van der Waals surface area contributed by atoms with Crippen molar-refractivity contribution in [2.75, 3.05) is 13.3 Å². The van der Waals surface area contributed by atoms with Gasteiger partial charge in [-0.3, -0.25) is 0 Å². The second kappa shape index (κ2) is 17.4. The fourth-order valence-electron chi connectivity index (χ4n) is 1.56. The maximum absolute atomic E-state index is 5.12. The Labute approximate surface area is 167 Å². The molecule has 3 nitrogen and oxygen atoms in total. The lowest BCUT2D eigenvalue weighted by molar-refractivity contribution is 0.174. The normalized spacial score (nSPS) is 10.2. The Kier molecular flexibility index (Phi) is 17.6. The number of unbranched alkanes of at least 4 members (excludes halogenated alkanes) is 1. The molecule has 0 amide bonds. The Hall–Kier alpha value is -2.00. The van der Waals surface area contributed by atoms with Crippen molar-refractivity contribution in [2.45, 2.75) is 26.7 Å². The Morgan fingerprint density at radius 2 is 1.52 bits per heavy atom. The number of rotatable bonds is 2. The number of nitrogens with two attached hydrogens (primary N) is 1. The third kappa shape index (κ3) is 15.9. The van der Waals surface area contributed by atoms with Crippen LogP contribution < -0.4 is 15.2 Å². The average Bonchev–Trinajstić information content (AvgIpc) is 3.04. The van der Waals surface area contributed by atoms with Crippen molar-refractivity contribution in [3.63, 3.8) is 0 Å². The van der Waals surface area contributed by atoms with E-state index in [4.69, 9.17) is 15.2 Å². The molecule has 2 aromatic carbocycles. The molecule has 0 unspecified atom stereocenters. The van der Waals surface area contributed by atoms with E-state index in [1.165, 1.54) is 0 Å². The summed E-state index contributed by atoms with van der Waals surface area (Å²) in [5, 5.41) is 0. The van der Waals surface area contributed by atoms with E-state index in [9.17, 15) is 0 Å². The van der Waals surface area contributed by atoms with Crippen molar-refractivity contribution in [3.05, 3.63) is 94.8 Å². The van der Waals surface area contributed by atoms with Crippen LogP contribution in [0.15, 0.2) is 48.5 Å². The topological polar surface area (TPSA) is 44.5 Å². The molecule has 1 aliphatic rings. The van der Waals surface area contributed by atoms with E-state index in [1.807, 2.05) is 48.5 Å². The van der Waals surface area contributed by atoms with Crippen LogP contribution in [-0.4, -0.2) is 13.3 Å². The summed E-state index contributed by atoms with van der Waals surface area (Å²) >= 11 is 0. The van der Waals surface area contributed by atoms with Crippen LogP contribution in [0.4, 0.5) is 0 Å². The van der Waals surface area contributed by atoms with Crippen molar-refractivity contribution in [2.24, 2.45) is 11.7 Å². The third-order valence-electron chi connectivity index (χ3n) is 2.73. The predicted molar refractivity (Wildman–Crippen MR) is 118 cm³/mol. The van der Waals surface area contributed by atoms with Crippen LogP contribution in [0.1, 0.15) is 37.8 Å². The smallest absolute Gasteiger partial charge is 0.231 e. The summed E-state index contributed by atoms with van der Waals surface area (Å²) < 4.78 is 10.2. The molecule has 5 radical (unpaired) electrons. The summed E-state index contributed by atoms with van der Waals surface area (Å²) in [6.07, 6.45) is 2.02. The number of fused-ring (bicyclic) bond motifs is 1. The van der Waals surface area contributed by atoms with Crippen LogP contribution in [-0.2, 0) is 0 Å². The molecule has 149 valence electrons. The summed E-state index contributed by atoms with van der Waals surface area (Å²) in [4.78, 5) is 0. The highest BCUT2D eigenvalue weighted by atomic mass is 16.7. The summed E-state index contributed by atoms with van der Waals surface area (Å²) in [5.41, 5.74) is 7.12. The molecule has 1 aliphatic heterocycles. The van der Waals surface area contributed by atoms with Crippen LogP contribution in [0, 0.1) is 41.0 Å². The Morgan fingerprint density at radius 1 is 0.963 bits per heavy atom. The van der Waals surface area contributed by atoms with Gasteiger partial charge in [0.2, 0.25) is 6.79 Å². The van der Waals surface area contributed by atoms with Crippen LogP contribution in [0.25, 0.3) is 0 Å². The van der Waals surface area contributed by atoms with Gasteiger partial charge >= 0.3 is 0 Å². The molecule has 0 bridgehead atoms. The minimum Gasteiger partial charge on any atom is -0.454 e. The number of ether oxygens (including phenoxy) is 2. The molecule has 0 saturated heterocycles. The first-order valence-corrected chi connectivity index (χ1v) is 8.81. The molecule has 2 N–H and O–H groups in total. The molecular weight excluding hydrogens is 334 g/mol. The first-order valence-electron chi connectivity index (χ1n) is 8.81. The van der Waals surface area contributed by atoms with E-state index >= 15 is 0 Å². The van der Waals surface area contributed by atoms with Gasteiger partial charge in [-0.2, -0.15) is 0 Å². The zero-order valence-electron chi connectivity index (χ0n) is 17.2. The predicted octanol–water partition coefficient (Wildman–Crippen LogP) is 5.95. The van der Waals surface area contributed by atoms with Crippen molar-refractivity contribution in [1.29, 1.82) is 0 Å². The summed E-state index contributed by atoms with van der Waals surface area (Å²) in [6, 6.07) is 15.5. The van der Waals surface area contributed by atoms with Gasteiger partial charge in [-0.15, -0.1) is 0 Å². The fraction of sp³-hybridized carbons (Fsp3) is 0.292. The van der Waals surface area contributed by atoms with Gasteiger partial charge in [-0.25, -0.2) is 0 Å². The van der Waals surface area contributed by atoms with Gasteiger partial charge in [0.25, 0.3) is 0 Å². The van der Waals surface area contributed by atoms with Crippen molar-refractivity contribution >= 4 is 0 Å². The number of hydrogen-bond acceptors (Lipinski definition) is 3. The Balaban J connectivity index is 0. The number of benzene rings is 2. The lowest BCUT2D eigenvalue weighted by Crippen LogP contribution is -1.95. The van der Waals surface area contributed by atoms with Crippen molar-refractivity contribution in [3.8, 4) is 11.5 Å². The minimum absolute atomic E-state index is 0. The molecule has 3 heteroatoms. The molecule has 27 heavy (non-hydrogen) atoms. The zero-order valence-corrected chi connectivity index (χ0v) is 17.2. The van der Waals surface area contributed by atoms with Gasteiger partial charge < -0.3 is 15.2 Å². The highest BCUT2D eigenvalue weighted by molar-refractivity contribution is 5.45. The standard InChI is InChI=1S/C8H7O2.C7H7.C4H10N.C4H9.CH3/c1-6-2-3-7-8(4-6)10-5-9-7;1-7-5-3-2-4-6-7;1-2-3-4-5;1-4(2)3;/h2-4H,1,5H2;2-6H,1H2;1-5H2;4H,1H2,2-3H3;1H3. The average molecular weight is 371 g/mol. The highest BCUT2D eigenvalue weighted by Crippen LogP contribution is 2.31. The van der Waals surface area contributed by atoms with E-state index < -0.39 is 0 Å². The van der Waals surface area contributed by atoms with Crippen LogP contribution >= 0.6 is 0 Å². The summed E-state index contributed by atoms with van der Waals surface area (Å²) in [7, 11) is 0. The molecular formula is C24H36NO2. The summed E-state index contributed by atoms with van der Waals surface area (Å²) in [5.74, 6) is 2.19. The Morgan fingerprint density at radius 3 is 1.93 bits per heavy atom. The molecule has 1 heterocycles. The van der Waals surface area contributed by atoms with Gasteiger partial charge in [0.1, 0.15) is 0 Å². The lowest BCUT2D eigenvalue weighted by Gasteiger charge is -1.94. The maximum atomic E-state index is 5.12. The molecule has 0 atom stereocenters. The van der Waals surface area contributed by atoms with Gasteiger partial charge in [0.05, 0.1) is 0 Å². The molecule has 0 saturated carbocycles. The van der Waals surface area contributed by atoms with Crippen molar-refractivity contribution in [1.82, 2.24) is 0 Å². The zero-order chi connectivity index (χ0) is 19.8. The fourth-order valence-corrected chi connectivity index (χ4v) is 1.56. The monoisotopic (exact) mass is 370 g/mol.